The number of alkyl halides is 3. The number of carbonyl (C=O) groups is 1. The van der Waals surface area contributed by atoms with E-state index < -0.39 is 18.0 Å². The van der Waals surface area contributed by atoms with Gasteiger partial charge in [-0.25, -0.2) is 0 Å². The van der Waals surface area contributed by atoms with E-state index in [1.54, 1.807) is 19.0 Å². The van der Waals surface area contributed by atoms with Crippen molar-refractivity contribution in [2.75, 3.05) is 26.0 Å². The number of nitrogens with zero attached hydrogens (tertiary/aromatic N) is 1. The van der Waals surface area contributed by atoms with Gasteiger partial charge >= 0.3 is 6.36 Å². The summed E-state index contributed by atoms with van der Waals surface area (Å²) < 4.78 is 41.0. The maximum atomic E-state index is 12.2. The minimum absolute atomic E-state index is 0.0430. The highest BCUT2D eigenvalue weighted by Crippen LogP contribution is 2.32. The lowest BCUT2D eigenvalue weighted by atomic mass is 10.3. The molecule has 0 unspecified atom stereocenters. The topological polar surface area (TPSA) is 41.6 Å². The van der Waals surface area contributed by atoms with E-state index in [4.69, 9.17) is 0 Å². The van der Waals surface area contributed by atoms with Gasteiger partial charge in [0, 0.05) is 4.47 Å². The van der Waals surface area contributed by atoms with Gasteiger partial charge in [0.25, 0.3) is 0 Å². The summed E-state index contributed by atoms with van der Waals surface area (Å²) in [6.45, 7) is 0.0535. The number of nitrogens with one attached hydrogen (secondary N) is 1. The van der Waals surface area contributed by atoms with E-state index in [0.717, 1.165) is 6.07 Å². The Balaban J connectivity index is 2.91. The van der Waals surface area contributed by atoms with Crippen LogP contribution < -0.4 is 10.1 Å². The van der Waals surface area contributed by atoms with Crippen molar-refractivity contribution in [2.24, 2.45) is 0 Å². The molecule has 0 aliphatic carbocycles. The summed E-state index contributed by atoms with van der Waals surface area (Å²) in [7, 11) is 3.35. The molecule has 0 fully saturated rings. The van der Waals surface area contributed by atoms with Gasteiger partial charge in [0.2, 0.25) is 5.91 Å². The molecule has 8 heteroatoms. The number of benzene rings is 1. The molecule has 0 saturated carbocycles. The van der Waals surface area contributed by atoms with E-state index in [-0.39, 0.29) is 12.2 Å². The summed E-state index contributed by atoms with van der Waals surface area (Å²) in [5.41, 5.74) is -0.0430. The van der Waals surface area contributed by atoms with Crippen molar-refractivity contribution in [1.82, 2.24) is 4.90 Å². The van der Waals surface area contributed by atoms with E-state index >= 15 is 0 Å². The summed E-state index contributed by atoms with van der Waals surface area (Å²) in [6, 6.07) is 3.86. The Labute approximate surface area is 116 Å². The Morgan fingerprint density at radius 3 is 2.58 bits per heavy atom. The second kappa shape index (κ2) is 6.25. The molecule has 19 heavy (non-hydrogen) atoms. The minimum Gasteiger partial charge on any atom is -0.404 e. The lowest BCUT2D eigenvalue weighted by molar-refractivity contribution is -0.274. The van der Waals surface area contributed by atoms with Crippen LogP contribution in [0.15, 0.2) is 22.7 Å². The molecule has 0 radical (unpaired) electrons. The first-order valence-electron chi connectivity index (χ1n) is 5.17. The number of likely N-dealkylation sites (N-methyl/N-ethyl adjacent to an activating group) is 1. The molecule has 0 aliphatic rings. The van der Waals surface area contributed by atoms with Crippen LogP contribution in [-0.2, 0) is 4.79 Å². The van der Waals surface area contributed by atoms with E-state index in [1.807, 2.05) is 0 Å². The van der Waals surface area contributed by atoms with Gasteiger partial charge in [-0.1, -0.05) is 15.9 Å². The predicted octanol–water partition coefficient (Wildman–Crippen LogP) is 2.85. The number of ether oxygens (including phenoxy) is 1. The Morgan fingerprint density at radius 1 is 1.42 bits per heavy atom. The summed E-state index contributed by atoms with van der Waals surface area (Å²) in [5.74, 6) is -0.891. The molecule has 1 aromatic carbocycles. The van der Waals surface area contributed by atoms with Gasteiger partial charge in [-0.15, -0.1) is 13.2 Å². The molecule has 0 aromatic heterocycles. The average molecular weight is 341 g/mol. The van der Waals surface area contributed by atoms with Crippen LogP contribution in [0.25, 0.3) is 0 Å². The number of hydrogen-bond donors (Lipinski definition) is 1. The zero-order chi connectivity index (χ0) is 14.6. The van der Waals surface area contributed by atoms with Crippen LogP contribution in [0.4, 0.5) is 18.9 Å². The van der Waals surface area contributed by atoms with Crippen molar-refractivity contribution in [1.29, 1.82) is 0 Å². The monoisotopic (exact) mass is 340 g/mol. The van der Waals surface area contributed by atoms with Crippen LogP contribution in [0.1, 0.15) is 0 Å². The molecule has 1 rings (SSSR count). The van der Waals surface area contributed by atoms with Crippen molar-refractivity contribution < 1.29 is 22.7 Å². The molecule has 106 valence electrons. The Kier molecular flexibility index (Phi) is 5.19. The molecule has 1 N–H and O–H groups in total. The third-order valence-electron chi connectivity index (χ3n) is 1.90. The first-order chi connectivity index (χ1) is 8.67. The molecule has 1 amide bonds. The molecule has 4 nitrogen and oxygen atoms in total. The van der Waals surface area contributed by atoms with Gasteiger partial charge in [0.1, 0.15) is 0 Å². The molecular weight excluding hydrogens is 329 g/mol. The highest BCUT2D eigenvalue weighted by Gasteiger charge is 2.32. The van der Waals surface area contributed by atoms with Gasteiger partial charge in [-0.05, 0) is 32.3 Å². The second-order valence-electron chi connectivity index (χ2n) is 3.97. The maximum absolute atomic E-state index is 12.2. The quantitative estimate of drug-likeness (QED) is 0.916. The maximum Gasteiger partial charge on any atom is 0.573 e. The van der Waals surface area contributed by atoms with Gasteiger partial charge in [-0.2, -0.15) is 0 Å². The largest absolute Gasteiger partial charge is 0.573 e. The number of amides is 1. The highest BCUT2D eigenvalue weighted by molar-refractivity contribution is 9.10. The number of halogens is 4. The number of anilines is 1. The normalized spacial score (nSPS) is 11.5. The molecule has 0 aliphatic heterocycles. The van der Waals surface area contributed by atoms with E-state index in [1.165, 1.54) is 12.1 Å². The smallest absolute Gasteiger partial charge is 0.404 e. The van der Waals surface area contributed by atoms with Crippen molar-refractivity contribution in [2.45, 2.75) is 6.36 Å². The van der Waals surface area contributed by atoms with Crippen LogP contribution in [-0.4, -0.2) is 37.8 Å². The molecular formula is C11H12BrF3N2O2. The summed E-state index contributed by atoms with van der Waals surface area (Å²) in [6.07, 6.45) is -4.81. The zero-order valence-electron chi connectivity index (χ0n) is 10.2. The lowest BCUT2D eigenvalue weighted by Gasteiger charge is -2.15. The van der Waals surface area contributed by atoms with Crippen molar-refractivity contribution in [3.63, 3.8) is 0 Å². The lowest BCUT2D eigenvalue weighted by Crippen LogP contribution is -2.27. The van der Waals surface area contributed by atoms with Crippen molar-refractivity contribution in [3.05, 3.63) is 22.7 Å². The highest BCUT2D eigenvalue weighted by atomic mass is 79.9. The molecule has 1 aromatic rings. The van der Waals surface area contributed by atoms with Gasteiger partial charge in [0.05, 0.1) is 12.2 Å². The molecule has 0 saturated heterocycles. The number of rotatable bonds is 4. The zero-order valence-corrected chi connectivity index (χ0v) is 11.8. The number of carbonyl (C=O) groups excluding carboxylic acids is 1. The first-order valence-corrected chi connectivity index (χ1v) is 5.96. The van der Waals surface area contributed by atoms with E-state index in [2.05, 4.69) is 26.0 Å². The van der Waals surface area contributed by atoms with Gasteiger partial charge in [-0.3, -0.25) is 4.79 Å². The fourth-order valence-corrected chi connectivity index (χ4v) is 1.65. The van der Waals surface area contributed by atoms with E-state index in [9.17, 15) is 18.0 Å². The summed E-state index contributed by atoms with van der Waals surface area (Å²) >= 11 is 3.12. The fourth-order valence-electron chi connectivity index (χ4n) is 1.29. The third kappa shape index (κ3) is 5.93. The molecule has 0 heterocycles. The second-order valence-corrected chi connectivity index (χ2v) is 4.89. The van der Waals surface area contributed by atoms with Crippen LogP contribution in [0.2, 0.25) is 0 Å². The summed E-state index contributed by atoms with van der Waals surface area (Å²) in [5, 5.41) is 2.37. The minimum atomic E-state index is -4.81. The Hall–Kier alpha value is -1.28. The number of hydrogen-bond acceptors (Lipinski definition) is 3. The summed E-state index contributed by atoms with van der Waals surface area (Å²) in [4.78, 5) is 13.1. The first kappa shape index (κ1) is 15.8. The van der Waals surface area contributed by atoms with E-state index in [0.29, 0.717) is 4.47 Å². The van der Waals surface area contributed by atoms with Crippen LogP contribution in [0.3, 0.4) is 0 Å². The Bertz CT molecular complexity index is 464. The van der Waals surface area contributed by atoms with Crippen LogP contribution >= 0.6 is 15.9 Å². The Morgan fingerprint density at radius 2 is 2.05 bits per heavy atom. The fraction of sp³-hybridized carbons (Fsp3) is 0.364. The molecule has 0 atom stereocenters. The van der Waals surface area contributed by atoms with Crippen molar-refractivity contribution >= 4 is 27.5 Å². The van der Waals surface area contributed by atoms with Crippen LogP contribution in [0, 0.1) is 0 Å². The van der Waals surface area contributed by atoms with Crippen molar-refractivity contribution in [3.8, 4) is 5.75 Å². The van der Waals surface area contributed by atoms with Crippen LogP contribution in [0.5, 0.6) is 5.75 Å². The van der Waals surface area contributed by atoms with Gasteiger partial charge < -0.3 is 15.0 Å². The predicted molar refractivity (Wildman–Crippen MR) is 68.0 cm³/mol. The standard InChI is InChI=1S/C11H12BrF3N2O2/c1-17(2)6-10(18)16-8-5-7(12)3-4-9(8)19-11(13,14)15/h3-5H,6H2,1-2H3,(H,16,18). The molecule has 0 spiro atoms. The molecule has 0 bridgehead atoms. The average Bonchev–Trinajstić information content (AvgIpc) is 2.19. The third-order valence-corrected chi connectivity index (χ3v) is 2.39. The van der Waals surface area contributed by atoms with Gasteiger partial charge in [0.15, 0.2) is 5.75 Å². The SMILES string of the molecule is CN(C)CC(=O)Nc1cc(Br)ccc1OC(F)(F)F.